The lowest BCUT2D eigenvalue weighted by Crippen LogP contribution is -2.63. The minimum Gasteiger partial charge on any atom is -0.455 e. The van der Waals surface area contributed by atoms with E-state index < -0.39 is 23.7 Å². The van der Waals surface area contributed by atoms with Crippen LogP contribution in [-0.4, -0.2) is 34.5 Å². The van der Waals surface area contributed by atoms with E-state index in [1.807, 2.05) is 0 Å². The Balaban J connectivity index is 2.19. The minimum atomic E-state index is -0.771. The molecule has 7 heteroatoms. The van der Waals surface area contributed by atoms with Crippen LogP contribution >= 0.6 is 0 Å². The number of fused-ring (bicyclic) bond motifs is 1. The molecule has 0 saturated carbocycles. The van der Waals surface area contributed by atoms with E-state index in [1.165, 1.54) is 11.0 Å². The van der Waals surface area contributed by atoms with Gasteiger partial charge < -0.3 is 4.74 Å². The topological polar surface area (TPSA) is 95.4 Å². The Morgan fingerprint density at radius 3 is 2.79 bits per heavy atom. The summed E-state index contributed by atoms with van der Waals surface area (Å²) in [4.78, 5) is 27.8. The number of hydrogen-bond acceptors (Lipinski definition) is 4. The number of esters is 1. The van der Waals surface area contributed by atoms with Gasteiger partial charge >= 0.3 is 5.97 Å². The van der Waals surface area contributed by atoms with Crippen molar-refractivity contribution in [1.29, 1.82) is 0 Å². The first-order valence-electron chi connectivity index (χ1n) is 5.84. The summed E-state index contributed by atoms with van der Waals surface area (Å²) in [6.45, 7) is 5.26. The van der Waals surface area contributed by atoms with E-state index >= 15 is 0 Å². The highest BCUT2D eigenvalue weighted by Crippen LogP contribution is 2.32. The third-order valence-corrected chi connectivity index (χ3v) is 2.72. The Kier molecular flexibility index (Phi) is 3.08. The summed E-state index contributed by atoms with van der Waals surface area (Å²) in [5, 5.41) is 3.42. The summed E-state index contributed by atoms with van der Waals surface area (Å²) in [7, 11) is 0. The molecule has 2 heterocycles. The summed E-state index contributed by atoms with van der Waals surface area (Å²) in [6, 6.07) is -1.16. The van der Waals surface area contributed by atoms with E-state index in [0.717, 1.165) is 0 Å². The van der Waals surface area contributed by atoms with Crippen molar-refractivity contribution in [2.75, 3.05) is 0 Å². The fourth-order valence-electron chi connectivity index (χ4n) is 1.98. The highest BCUT2D eigenvalue weighted by Gasteiger charge is 2.50. The summed E-state index contributed by atoms with van der Waals surface area (Å²) in [5.41, 5.74) is 7.94. The molecule has 0 radical (unpaired) electrons. The van der Waals surface area contributed by atoms with Crippen LogP contribution in [-0.2, 0) is 14.3 Å². The van der Waals surface area contributed by atoms with Crippen LogP contribution < -0.4 is 0 Å². The first-order chi connectivity index (χ1) is 8.85. The number of azide groups is 1. The summed E-state index contributed by atoms with van der Waals surface area (Å²) in [6.07, 6.45) is 4.90. The number of ether oxygens (including phenoxy) is 1. The Morgan fingerprint density at radius 2 is 2.21 bits per heavy atom. The van der Waals surface area contributed by atoms with E-state index in [9.17, 15) is 9.59 Å². The van der Waals surface area contributed by atoms with Crippen LogP contribution in [0.25, 0.3) is 10.4 Å². The average molecular weight is 262 g/mol. The van der Waals surface area contributed by atoms with Crippen LogP contribution in [0.5, 0.6) is 0 Å². The largest absolute Gasteiger partial charge is 0.455 e. The molecule has 0 N–H and O–H groups in total. The molecule has 1 fully saturated rings. The van der Waals surface area contributed by atoms with Crippen molar-refractivity contribution in [3.63, 3.8) is 0 Å². The molecule has 1 amide bonds. The second kappa shape index (κ2) is 4.44. The van der Waals surface area contributed by atoms with Gasteiger partial charge in [0.15, 0.2) is 0 Å². The maximum Gasteiger partial charge on any atom is 0.355 e. The quantitative estimate of drug-likeness (QED) is 0.249. The molecule has 0 aliphatic carbocycles. The highest BCUT2D eigenvalue weighted by atomic mass is 16.6. The van der Waals surface area contributed by atoms with Crippen LogP contribution in [0, 0.1) is 0 Å². The van der Waals surface area contributed by atoms with Crippen molar-refractivity contribution in [1.82, 2.24) is 4.90 Å². The van der Waals surface area contributed by atoms with Gasteiger partial charge in [-0.1, -0.05) is 17.3 Å². The molecule has 2 rings (SSSR count). The fourth-order valence-corrected chi connectivity index (χ4v) is 1.98. The maximum atomic E-state index is 12.0. The number of β-lactam (4-membered cyclic amide) rings is 1. The van der Waals surface area contributed by atoms with Crippen LogP contribution in [0.4, 0.5) is 0 Å². The van der Waals surface area contributed by atoms with Crippen molar-refractivity contribution in [2.24, 2.45) is 5.11 Å². The van der Waals surface area contributed by atoms with Gasteiger partial charge in [-0.25, -0.2) is 4.79 Å². The molecule has 7 nitrogen and oxygen atoms in total. The predicted octanol–water partition coefficient (Wildman–Crippen LogP) is 1.67. The fraction of sp³-hybridized carbons (Fsp3) is 0.500. The number of allylic oxidation sites excluding steroid dienone is 2. The van der Waals surface area contributed by atoms with Gasteiger partial charge in [-0.15, -0.1) is 0 Å². The van der Waals surface area contributed by atoms with E-state index in [4.69, 9.17) is 10.3 Å². The molecular formula is C12H14N4O3. The maximum absolute atomic E-state index is 12.0. The molecule has 19 heavy (non-hydrogen) atoms. The predicted molar refractivity (Wildman–Crippen MR) is 66.6 cm³/mol. The smallest absolute Gasteiger partial charge is 0.355 e. The highest BCUT2D eigenvalue weighted by molar-refractivity contribution is 6.01. The van der Waals surface area contributed by atoms with Gasteiger partial charge in [0.2, 0.25) is 5.91 Å². The number of carbonyl (C=O) groups is 2. The number of hydrogen-bond donors (Lipinski definition) is 0. The van der Waals surface area contributed by atoms with E-state index in [1.54, 1.807) is 32.9 Å². The van der Waals surface area contributed by atoms with Gasteiger partial charge in [0.1, 0.15) is 17.3 Å². The Bertz CT molecular complexity index is 538. The first kappa shape index (κ1) is 13.2. The monoisotopic (exact) mass is 262 g/mol. The zero-order valence-corrected chi connectivity index (χ0v) is 10.9. The first-order valence-corrected chi connectivity index (χ1v) is 5.84. The van der Waals surface area contributed by atoms with Gasteiger partial charge in [0.05, 0.1) is 6.04 Å². The van der Waals surface area contributed by atoms with Crippen LogP contribution in [0.3, 0.4) is 0 Å². The standard InChI is InChI=1S/C12H14N4O3/c1-12(2,3)19-11(18)8-6-4-5-7-9(14-15-13)10(17)16(7)8/h4-7,9H,1-3H3/t7-,9-/m0/s1. The molecule has 0 spiro atoms. The average Bonchev–Trinajstić information content (AvgIpc) is 2.32. The van der Waals surface area contributed by atoms with Crippen molar-refractivity contribution < 1.29 is 14.3 Å². The van der Waals surface area contributed by atoms with Crippen molar-refractivity contribution in [2.45, 2.75) is 38.5 Å². The van der Waals surface area contributed by atoms with E-state index in [0.29, 0.717) is 0 Å². The lowest BCUT2D eigenvalue weighted by atomic mass is 9.91. The number of amides is 1. The van der Waals surface area contributed by atoms with Crippen molar-refractivity contribution in [3.05, 3.63) is 34.4 Å². The van der Waals surface area contributed by atoms with Gasteiger partial charge in [-0.05, 0) is 32.4 Å². The van der Waals surface area contributed by atoms with Gasteiger partial charge in [0, 0.05) is 4.91 Å². The molecule has 0 bridgehead atoms. The van der Waals surface area contributed by atoms with E-state index in [2.05, 4.69) is 10.0 Å². The Labute approximate surface area is 110 Å². The van der Waals surface area contributed by atoms with Crippen LogP contribution in [0.1, 0.15) is 20.8 Å². The third kappa shape index (κ3) is 2.32. The molecule has 2 aliphatic rings. The second-order valence-electron chi connectivity index (χ2n) is 5.29. The third-order valence-electron chi connectivity index (χ3n) is 2.72. The number of carbonyl (C=O) groups excluding carboxylic acids is 2. The van der Waals surface area contributed by atoms with Crippen LogP contribution in [0.15, 0.2) is 29.0 Å². The molecule has 100 valence electrons. The molecule has 0 aromatic rings. The summed E-state index contributed by atoms with van der Waals surface area (Å²) >= 11 is 0. The lowest BCUT2D eigenvalue weighted by Gasteiger charge is -2.45. The molecule has 1 saturated heterocycles. The van der Waals surface area contributed by atoms with Crippen molar-refractivity contribution in [3.8, 4) is 0 Å². The second-order valence-corrected chi connectivity index (χ2v) is 5.29. The molecule has 0 aromatic carbocycles. The van der Waals surface area contributed by atoms with Gasteiger partial charge in [-0.3, -0.25) is 9.69 Å². The Morgan fingerprint density at radius 1 is 1.53 bits per heavy atom. The lowest BCUT2D eigenvalue weighted by molar-refractivity contribution is -0.158. The zero-order chi connectivity index (χ0) is 14.2. The molecule has 0 aromatic heterocycles. The van der Waals surface area contributed by atoms with Crippen LogP contribution in [0.2, 0.25) is 0 Å². The minimum absolute atomic E-state index is 0.178. The summed E-state index contributed by atoms with van der Waals surface area (Å²) < 4.78 is 5.23. The summed E-state index contributed by atoms with van der Waals surface area (Å²) in [5.74, 6) is -0.946. The number of nitrogens with zero attached hydrogens (tertiary/aromatic N) is 4. The number of rotatable bonds is 2. The zero-order valence-electron chi connectivity index (χ0n) is 10.9. The molecular weight excluding hydrogens is 248 g/mol. The SMILES string of the molecule is CC(C)(C)OC(=O)C1=CC=C[C@H]2[C@H](N=[N+]=[N-])C(=O)N12. The molecule has 2 aliphatic heterocycles. The Hall–Kier alpha value is -2.27. The van der Waals surface area contributed by atoms with Crippen molar-refractivity contribution >= 4 is 11.9 Å². The van der Waals surface area contributed by atoms with Gasteiger partial charge in [0.25, 0.3) is 0 Å². The van der Waals surface area contributed by atoms with E-state index in [-0.39, 0.29) is 11.6 Å². The molecule has 0 unspecified atom stereocenters. The van der Waals surface area contributed by atoms with Gasteiger partial charge in [-0.2, -0.15) is 0 Å². The normalized spacial score (nSPS) is 24.9. The molecule has 2 atom stereocenters.